The van der Waals surface area contributed by atoms with Crippen molar-refractivity contribution in [3.8, 4) is 5.75 Å². The molecule has 0 saturated heterocycles. The molecule has 8 heteroatoms. The number of carbonyl (C=O) groups is 1. The molecule has 0 aliphatic rings. The van der Waals surface area contributed by atoms with Crippen LogP contribution in [0.5, 0.6) is 5.75 Å². The van der Waals surface area contributed by atoms with Gasteiger partial charge in [-0.15, -0.1) is 11.6 Å². The molecule has 0 aromatic heterocycles. The topological polar surface area (TPSA) is 84.5 Å². The number of anilines is 2. The maximum absolute atomic E-state index is 12.0. The third-order valence-electron chi connectivity index (χ3n) is 2.58. The van der Waals surface area contributed by atoms with Crippen molar-refractivity contribution in [3.63, 3.8) is 0 Å². The number of halogens is 1. The molecular weight excluding hydrogens is 316 g/mol. The Morgan fingerprint density at radius 2 is 2.05 bits per heavy atom. The first-order valence-electron chi connectivity index (χ1n) is 6.40. The molecule has 0 unspecified atom stereocenters. The number of sulfonamides is 1. The number of unbranched alkanes of at least 4 members (excludes halogenated alkanes) is 1. The molecule has 1 rings (SSSR count). The lowest BCUT2D eigenvalue weighted by Gasteiger charge is -2.13. The molecule has 0 aliphatic carbocycles. The largest absolute Gasteiger partial charge is 0.495 e. The summed E-state index contributed by atoms with van der Waals surface area (Å²) in [5.41, 5.74) is 0.774. The zero-order valence-corrected chi connectivity index (χ0v) is 13.6. The van der Waals surface area contributed by atoms with Crippen LogP contribution < -0.4 is 14.8 Å². The summed E-state index contributed by atoms with van der Waals surface area (Å²) in [5, 5.41) is 2.59. The van der Waals surface area contributed by atoms with Gasteiger partial charge in [0, 0.05) is 18.5 Å². The summed E-state index contributed by atoms with van der Waals surface area (Å²) in [6.45, 7) is 1.38. The minimum Gasteiger partial charge on any atom is -0.495 e. The molecule has 2 N–H and O–H groups in total. The van der Waals surface area contributed by atoms with Gasteiger partial charge in [-0.3, -0.25) is 9.52 Å². The second-order valence-corrected chi connectivity index (χ2v) is 6.63. The Morgan fingerprint density at radius 1 is 1.33 bits per heavy atom. The van der Waals surface area contributed by atoms with E-state index in [1.807, 2.05) is 0 Å². The zero-order valence-electron chi connectivity index (χ0n) is 12.0. The van der Waals surface area contributed by atoms with Crippen LogP contribution in [0, 0.1) is 0 Å². The Bertz CT molecular complexity index is 590. The van der Waals surface area contributed by atoms with E-state index in [-0.39, 0.29) is 17.3 Å². The highest BCUT2D eigenvalue weighted by molar-refractivity contribution is 7.92. The van der Waals surface area contributed by atoms with Crippen LogP contribution in [0.25, 0.3) is 0 Å². The summed E-state index contributed by atoms with van der Waals surface area (Å²) in [6, 6.07) is 4.73. The van der Waals surface area contributed by atoms with Crippen molar-refractivity contribution in [2.24, 2.45) is 0 Å². The number of ether oxygens (including phenoxy) is 1. The van der Waals surface area contributed by atoms with Crippen LogP contribution >= 0.6 is 11.6 Å². The Balaban J connectivity index is 2.91. The van der Waals surface area contributed by atoms with Gasteiger partial charge in [0.15, 0.2) is 0 Å². The first kappa shape index (κ1) is 17.6. The van der Waals surface area contributed by atoms with Crippen LogP contribution in [0.4, 0.5) is 11.4 Å². The van der Waals surface area contributed by atoms with Gasteiger partial charge in [-0.1, -0.05) is 0 Å². The predicted molar refractivity (Wildman–Crippen MR) is 84.7 cm³/mol. The number of carbonyl (C=O) groups excluding carboxylic acids is 1. The lowest BCUT2D eigenvalue weighted by molar-refractivity contribution is -0.114. The Hall–Kier alpha value is -1.47. The number of hydrogen-bond donors (Lipinski definition) is 2. The van der Waals surface area contributed by atoms with E-state index in [4.69, 9.17) is 16.3 Å². The highest BCUT2D eigenvalue weighted by atomic mass is 35.5. The van der Waals surface area contributed by atoms with Crippen molar-refractivity contribution in [1.29, 1.82) is 0 Å². The van der Waals surface area contributed by atoms with E-state index in [0.717, 1.165) is 0 Å². The van der Waals surface area contributed by atoms with E-state index in [0.29, 0.717) is 30.2 Å². The van der Waals surface area contributed by atoms with Crippen molar-refractivity contribution >= 4 is 38.9 Å². The third kappa shape index (κ3) is 6.22. The van der Waals surface area contributed by atoms with E-state index in [9.17, 15) is 13.2 Å². The van der Waals surface area contributed by atoms with E-state index in [1.54, 1.807) is 12.1 Å². The summed E-state index contributed by atoms with van der Waals surface area (Å²) in [4.78, 5) is 11.0. The van der Waals surface area contributed by atoms with Crippen LogP contribution in [0.3, 0.4) is 0 Å². The Labute approximate surface area is 129 Å². The minimum absolute atomic E-state index is 0.0206. The highest BCUT2D eigenvalue weighted by Crippen LogP contribution is 2.28. The number of nitrogens with one attached hydrogen (secondary N) is 2. The molecule has 0 aliphatic heterocycles. The number of rotatable bonds is 8. The van der Waals surface area contributed by atoms with E-state index in [1.165, 1.54) is 20.1 Å². The number of hydrogen-bond acceptors (Lipinski definition) is 4. The van der Waals surface area contributed by atoms with Crippen LogP contribution in [0.2, 0.25) is 0 Å². The molecule has 1 amide bonds. The molecule has 0 heterocycles. The average Bonchev–Trinajstić information content (AvgIpc) is 2.38. The molecule has 6 nitrogen and oxygen atoms in total. The Kier molecular flexibility index (Phi) is 6.77. The van der Waals surface area contributed by atoms with Gasteiger partial charge >= 0.3 is 0 Å². The summed E-state index contributed by atoms with van der Waals surface area (Å²) in [5.74, 6) is 0.547. The fraction of sp³-hybridized carbons (Fsp3) is 0.462. The quantitative estimate of drug-likeness (QED) is 0.565. The fourth-order valence-corrected chi connectivity index (χ4v) is 3.04. The number of benzene rings is 1. The second kappa shape index (κ2) is 8.09. The molecule has 0 bridgehead atoms. The molecule has 118 valence electrons. The van der Waals surface area contributed by atoms with Crippen LogP contribution in [-0.2, 0) is 14.8 Å². The first-order chi connectivity index (χ1) is 9.88. The molecule has 0 fully saturated rings. The van der Waals surface area contributed by atoms with Crippen molar-refractivity contribution in [2.45, 2.75) is 19.8 Å². The van der Waals surface area contributed by atoms with Gasteiger partial charge in [0.1, 0.15) is 5.75 Å². The van der Waals surface area contributed by atoms with Crippen molar-refractivity contribution in [2.75, 3.05) is 28.8 Å². The average molecular weight is 335 g/mol. The minimum atomic E-state index is -3.49. The van der Waals surface area contributed by atoms with Crippen molar-refractivity contribution < 1.29 is 17.9 Å². The fourth-order valence-electron chi connectivity index (χ4n) is 1.67. The van der Waals surface area contributed by atoms with Gasteiger partial charge in [-0.05, 0) is 31.0 Å². The van der Waals surface area contributed by atoms with Gasteiger partial charge in [0.25, 0.3) is 0 Å². The van der Waals surface area contributed by atoms with Gasteiger partial charge < -0.3 is 10.1 Å². The summed E-state index contributed by atoms with van der Waals surface area (Å²) >= 11 is 5.53. The molecule has 0 radical (unpaired) electrons. The predicted octanol–water partition coefficient (Wildman–Crippen LogP) is 2.41. The molecule has 0 saturated carbocycles. The normalized spacial score (nSPS) is 11.0. The standard InChI is InChI=1S/C13H19ClN2O4S/c1-10(17)15-11-5-6-13(20-2)12(9-11)16-21(18,19)8-4-3-7-14/h5-6,9,16H,3-4,7-8H2,1-2H3,(H,15,17). The zero-order chi connectivity index (χ0) is 15.9. The van der Waals surface area contributed by atoms with Crippen LogP contribution in [0.15, 0.2) is 18.2 Å². The van der Waals surface area contributed by atoms with Crippen molar-refractivity contribution in [1.82, 2.24) is 0 Å². The van der Waals surface area contributed by atoms with Gasteiger partial charge in [0.05, 0.1) is 18.6 Å². The lowest BCUT2D eigenvalue weighted by atomic mass is 10.2. The summed E-state index contributed by atoms with van der Waals surface area (Å²) in [7, 11) is -2.04. The number of alkyl halides is 1. The van der Waals surface area contributed by atoms with Crippen LogP contribution in [-0.4, -0.2) is 33.1 Å². The lowest BCUT2D eigenvalue weighted by Crippen LogP contribution is -2.17. The summed E-state index contributed by atoms with van der Waals surface area (Å²) in [6.07, 6.45) is 1.11. The molecule has 21 heavy (non-hydrogen) atoms. The SMILES string of the molecule is COc1ccc(NC(C)=O)cc1NS(=O)(=O)CCCCCl. The van der Waals surface area contributed by atoms with Gasteiger partial charge in [-0.25, -0.2) is 8.42 Å². The van der Waals surface area contributed by atoms with E-state index < -0.39 is 10.0 Å². The molecule has 0 spiro atoms. The van der Waals surface area contributed by atoms with Crippen LogP contribution in [0.1, 0.15) is 19.8 Å². The third-order valence-corrected chi connectivity index (χ3v) is 4.21. The molecule has 0 atom stereocenters. The molecule has 1 aromatic rings. The van der Waals surface area contributed by atoms with E-state index >= 15 is 0 Å². The smallest absolute Gasteiger partial charge is 0.232 e. The highest BCUT2D eigenvalue weighted by Gasteiger charge is 2.14. The van der Waals surface area contributed by atoms with Crippen molar-refractivity contribution in [3.05, 3.63) is 18.2 Å². The number of amides is 1. The maximum Gasteiger partial charge on any atom is 0.232 e. The van der Waals surface area contributed by atoms with Gasteiger partial charge in [0.2, 0.25) is 15.9 Å². The summed E-state index contributed by atoms with van der Waals surface area (Å²) < 4.78 is 31.5. The molecular formula is C13H19ClN2O4S. The Morgan fingerprint density at radius 3 is 2.62 bits per heavy atom. The maximum atomic E-state index is 12.0. The molecule has 1 aromatic carbocycles. The monoisotopic (exact) mass is 334 g/mol. The second-order valence-electron chi connectivity index (χ2n) is 4.41. The van der Waals surface area contributed by atoms with E-state index in [2.05, 4.69) is 10.0 Å². The number of methoxy groups -OCH3 is 1. The van der Waals surface area contributed by atoms with Gasteiger partial charge in [-0.2, -0.15) is 0 Å². The first-order valence-corrected chi connectivity index (χ1v) is 8.58.